The van der Waals surface area contributed by atoms with E-state index in [-0.39, 0.29) is 0 Å². The number of hydrogen-bond donors (Lipinski definition) is 1. The highest BCUT2D eigenvalue weighted by molar-refractivity contribution is 6.06. The van der Waals surface area contributed by atoms with Gasteiger partial charge < -0.3 is 19.2 Å². The number of nitrogens with zero attached hydrogens (tertiary/aromatic N) is 1. The maximum absolute atomic E-state index is 11.8. The molecule has 5 heteroatoms. The number of benzene rings is 1. The first-order chi connectivity index (χ1) is 11.0. The number of rotatable bonds is 4. The van der Waals surface area contributed by atoms with E-state index in [0.717, 1.165) is 49.6 Å². The van der Waals surface area contributed by atoms with E-state index in [1.54, 1.807) is 6.07 Å². The van der Waals surface area contributed by atoms with Crippen LogP contribution in [0.4, 0.5) is 5.69 Å². The smallest absolute Gasteiger partial charge is 0.336 e. The molecule has 3 rings (SSSR count). The predicted octanol–water partition coefficient (Wildman–Crippen LogP) is 3.75. The Bertz CT molecular complexity index is 728. The molecule has 1 aliphatic rings. The second kappa shape index (κ2) is 6.24. The normalized spacial score (nSPS) is 16.0. The Hall–Kier alpha value is -2.01. The van der Waals surface area contributed by atoms with Crippen molar-refractivity contribution >= 4 is 22.6 Å². The van der Waals surface area contributed by atoms with E-state index >= 15 is 0 Å². The lowest BCUT2D eigenvalue weighted by Crippen LogP contribution is -2.40. The van der Waals surface area contributed by atoms with Crippen molar-refractivity contribution in [3.8, 4) is 0 Å². The number of ether oxygens (including phenoxy) is 1. The predicted molar refractivity (Wildman–Crippen MR) is 89.5 cm³/mol. The Kier molecular flexibility index (Phi) is 4.31. The van der Waals surface area contributed by atoms with E-state index in [1.807, 2.05) is 19.9 Å². The highest BCUT2D eigenvalue weighted by Gasteiger charge is 2.26. The maximum Gasteiger partial charge on any atom is 0.336 e. The van der Waals surface area contributed by atoms with Gasteiger partial charge in [0.05, 0.1) is 5.56 Å². The molecule has 0 radical (unpaired) electrons. The second-order valence-corrected chi connectivity index (χ2v) is 6.10. The highest BCUT2D eigenvalue weighted by atomic mass is 16.5. The van der Waals surface area contributed by atoms with Crippen LogP contribution in [0, 0.1) is 13.8 Å². The molecule has 1 aromatic heterocycles. The van der Waals surface area contributed by atoms with E-state index in [4.69, 9.17) is 9.15 Å². The van der Waals surface area contributed by atoms with Crippen molar-refractivity contribution in [2.24, 2.45) is 0 Å². The molecule has 1 saturated heterocycles. The van der Waals surface area contributed by atoms with Gasteiger partial charge in [0.15, 0.2) is 0 Å². The Balaban J connectivity index is 2.15. The zero-order valence-electron chi connectivity index (χ0n) is 13.9. The van der Waals surface area contributed by atoms with Gasteiger partial charge in [0, 0.05) is 42.9 Å². The Labute approximate surface area is 135 Å². The van der Waals surface area contributed by atoms with Gasteiger partial charge in [-0.15, -0.1) is 0 Å². The largest absolute Gasteiger partial charge is 0.478 e. The van der Waals surface area contributed by atoms with E-state index in [2.05, 4.69) is 11.8 Å². The molecule has 1 N–H and O–H groups in total. The summed E-state index contributed by atoms with van der Waals surface area (Å²) >= 11 is 0. The SMILES string of the molecule is CCN(c1cc2oc(C)cc2c(C(=O)O)c1C)C1CCOCC1. The molecule has 5 nitrogen and oxygen atoms in total. The molecule has 124 valence electrons. The van der Waals surface area contributed by atoms with E-state index in [1.165, 1.54) is 0 Å². The van der Waals surface area contributed by atoms with Crippen LogP contribution in [0.5, 0.6) is 0 Å². The van der Waals surface area contributed by atoms with Crippen molar-refractivity contribution in [2.75, 3.05) is 24.7 Å². The van der Waals surface area contributed by atoms with E-state index in [9.17, 15) is 9.90 Å². The van der Waals surface area contributed by atoms with Crippen molar-refractivity contribution in [3.05, 3.63) is 29.0 Å². The standard InChI is InChI=1S/C18H23NO4/c1-4-19(13-5-7-22-8-6-13)15-10-16-14(9-11(2)23-16)17(12(15)3)18(20)21/h9-10,13H,4-8H2,1-3H3,(H,20,21). The molecular weight excluding hydrogens is 294 g/mol. The van der Waals surface area contributed by atoms with Crippen LogP contribution in [0.25, 0.3) is 11.0 Å². The van der Waals surface area contributed by atoms with Gasteiger partial charge in [-0.2, -0.15) is 0 Å². The van der Waals surface area contributed by atoms with Gasteiger partial charge in [-0.3, -0.25) is 0 Å². The van der Waals surface area contributed by atoms with Crippen LogP contribution < -0.4 is 4.90 Å². The van der Waals surface area contributed by atoms with Crippen LogP contribution in [0.3, 0.4) is 0 Å². The third-order valence-electron chi connectivity index (χ3n) is 4.68. The number of anilines is 1. The summed E-state index contributed by atoms with van der Waals surface area (Å²) in [4.78, 5) is 14.1. The van der Waals surface area contributed by atoms with Crippen molar-refractivity contribution < 1.29 is 19.1 Å². The first kappa shape index (κ1) is 15.9. The zero-order valence-corrected chi connectivity index (χ0v) is 13.9. The van der Waals surface area contributed by atoms with Crippen LogP contribution in [-0.2, 0) is 4.74 Å². The van der Waals surface area contributed by atoms with E-state index in [0.29, 0.717) is 22.6 Å². The summed E-state index contributed by atoms with van der Waals surface area (Å²) in [6.07, 6.45) is 1.93. The summed E-state index contributed by atoms with van der Waals surface area (Å²) in [5.74, 6) is -0.175. The second-order valence-electron chi connectivity index (χ2n) is 6.10. The van der Waals surface area contributed by atoms with Crippen molar-refractivity contribution in [2.45, 2.75) is 39.7 Å². The summed E-state index contributed by atoms with van der Waals surface area (Å²) in [5.41, 5.74) is 2.75. The molecule has 0 bridgehead atoms. The molecule has 1 aliphatic heterocycles. The van der Waals surface area contributed by atoms with Crippen LogP contribution >= 0.6 is 0 Å². The number of carboxylic acid groups (broad SMARTS) is 1. The van der Waals surface area contributed by atoms with Crippen LogP contribution in [-0.4, -0.2) is 36.9 Å². The summed E-state index contributed by atoms with van der Waals surface area (Å²) in [6.45, 7) is 8.18. The van der Waals surface area contributed by atoms with Gasteiger partial charge in [0.2, 0.25) is 0 Å². The molecule has 23 heavy (non-hydrogen) atoms. The van der Waals surface area contributed by atoms with Crippen LogP contribution in [0.2, 0.25) is 0 Å². The number of fused-ring (bicyclic) bond motifs is 1. The highest BCUT2D eigenvalue weighted by Crippen LogP contribution is 2.35. The number of carboxylic acids is 1. The average Bonchev–Trinajstić information content (AvgIpc) is 2.88. The molecule has 2 aromatic rings. The molecule has 0 saturated carbocycles. The molecule has 0 unspecified atom stereocenters. The lowest BCUT2D eigenvalue weighted by atomic mass is 9.98. The van der Waals surface area contributed by atoms with Gasteiger partial charge in [-0.25, -0.2) is 4.79 Å². The Morgan fingerprint density at radius 3 is 2.61 bits per heavy atom. The monoisotopic (exact) mass is 317 g/mol. The van der Waals surface area contributed by atoms with Crippen LogP contribution in [0.1, 0.15) is 41.4 Å². The summed E-state index contributed by atoms with van der Waals surface area (Å²) in [6, 6.07) is 4.17. The summed E-state index contributed by atoms with van der Waals surface area (Å²) in [7, 11) is 0. The number of aromatic carboxylic acids is 1. The third-order valence-corrected chi connectivity index (χ3v) is 4.68. The quantitative estimate of drug-likeness (QED) is 0.930. The van der Waals surface area contributed by atoms with Gasteiger partial charge >= 0.3 is 5.97 Å². The minimum atomic E-state index is -0.904. The Morgan fingerprint density at radius 2 is 2.00 bits per heavy atom. The van der Waals surface area contributed by atoms with Crippen molar-refractivity contribution in [3.63, 3.8) is 0 Å². The fraction of sp³-hybridized carbons (Fsp3) is 0.500. The molecule has 1 aromatic carbocycles. The van der Waals surface area contributed by atoms with Gasteiger partial charge in [0.1, 0.15) is 11.3 Å². The zero-order chi connectivity index (χ0) is 16.6. The lowest BCUT2D eigenvalue weighted by Gasteiger charge is -2.36. The first-order valence-corrected chi connectivity index (χ1v) is 8.14. The number of furan rings is 1. The van der Waals surface area contributed by atoms with Gasteiger partial charge in [0.25, 0.3) is 0 Å². The van der Waals surface area contributed by atoms with Crippen molar-refractivity contribution in [1.82, 2.24) is 0 Å². The summed E-state index contributed by atoms with van der Waals surface area (Å²) in [5, 5.41) is 10.4. The molecule has 2 heterocycles. The molecule has 1 fully saturated rings. The Morgan fingerprint density at radius 1 is 1.30 bits per heavy atom. The lowest BCUT2D eigenvalue weighted by molar-refractivity contribution is 0.0698. The van der Waals surface area contributed by atoms with Crippen molar-refractivity contribution in [1.29, 1.82) is 0 Å². The molecular formula is C18H23NO4. The van der Waals surface area contributed by atoms with Crippen LogP contribution in [0.15, 0.2) is 16.5 Å². The number of hydrogen-bond acceptors (Lipinski definition) is 4. The third kappa shape index (κ3) is 2.81. The molecule has 0 spiro atoms. The minimum absolute atomic E-state index is 0.347. The van der Waals surface area contributed by atoms with E-state index < -0.39 is 5.97 Å². The van der Waals surface area contributed by atoms with Gasteiger partial charge in [-0.1, -0.05) is 0 Å². The maximum atomic E-state index is 11.8. The average molecular weight is 317 g/mol. The fourth-order valence-corrected chi connectivity index (χ4v) is 3.59. The van der Waals surface area contributed by atoms with Gasteiger partial charge in [-0.05, 0) is 45.2 Å². The number of carbonyl (C=O) groups is 1. The number of aryl methyl sites for hydroxylation is 1. The topological polar surface area (TPSA) is 62.9 Å². The minimum Gasteiger partial charge on any atom is -0.478 e. The molecule has 0 aliphatic carbocycles. The summed E-state index contributed by atoms with van der Waals surface area (Å²) < 4.78 is 11.2. The fourth-order valence-electron chi connectivity index (χ4n) is 3.59. The molecule has 0 amide bonds. The molecule has 0 atom stereocenters. The first-order valence-electron chi connectivity index (χ1n) is 8.14.